The Balaban J connectivity index is 1.67. The molecule has 0 bridgehead atoms. The second-order valence-corrected chi connectivity index (χ2v) is 8.53. The van der Waals surface area contributed by atoms with Crippen LogP contribution in [-0.2, 0) is 4.79 Å². The number of benzene rings is 4. The molecule has 0 unspecified atom stereocenters. The number of carboxylic acid groups (broad SMARTS) is 1. The van der Waals surface area contributed by atoms with Gasteiger partial charge in [0.05, 0.1) is 10.0 Å². The molecule has 0 fully saturated rings. The number of phenolic OH excluding ortho intramolecular Hbond substituents is 2. The molecule has 0 atom stereocenters. The van der Waals surface area contributed by atoms with Crippen molar-refractivity contribution >= 4 is 40.8 Å². The van der Waals surface area contributed by atoms with Gasteiger partial charge in [0.25, 0.3) is 5.91 Å². The van der Waals surface area contributed by atoms with Crippen LogP contribution in [0.3, 0.4) is 0 Å². The Morgan fingerprint density at radius 2 is 1.47 bits per heavy atom. The standard InChI is InChI=1S/C27H19Cl2NO6/c28-22-12-18(30(15-25(33)34)27(35)17-6-8-19(31)9-7-17)13-23(29)26(22)36-20-10-11-24(32)21(14-20)16-4-2-1-3-5-16/h1-14,31-32H,15H2,(H,33,34). The maximum absolute atomic E-state index is 13.0. The van der Waals surface area contributed by atoms with Gasteiger partial charge in [-0.15, -0.1) is 0 Å². The van der Waals surface area contributed by atoms with E-state index in [9.17, 15) is 24.9 Å². The van der Waals surface area contributed by atoms with E-state index in [0.29, 0.717) is 11.3 Å². The van der Waals surface area contributed by atoms with Crippen molar-refractivity contribution in [2.75, 3.05) is 11.4 Å². The van der Waals surface area contributed by atoms with E-state index >= 15 is 0 Å². The molecule has 0 spiro atoms. The average molecular weight is 524 g/mol. The number of aromatic hydroxyl groups is 2. The highest BCUT2D eigenvalue weighted by molar-refractivity contribution is 6.37. The number of hydrogen-bond acceptors (Lipinski definition) is 5. The van der Waals surface area contributed by atoms with Crippen molar-refractivity contribution in [2.45, 2.75) is 0 Å². The van der Waals surface area contributed by atoms with Crippen molar-refractivity contribution in [3.63, 3.8) is 0 Å². The fraction of sp³-hybridized carbons (Fsp3) is 0.0370. The quantitative estimate of drug-likeness (QED) is 0.252. The molecule has 0 aliphatic carbocycles. The highest BCUT2D eigenvalue weighted by Gasteiger charge is 2.23. The Morgan fingerprint density at radius 3 is 2.08 bits per heavy atom. The van der Waals surface area contributed by atoms with E-state index < -0.39 is 18.4 Å². The molecule has 182 valence electrons. The number of carboxylic acids is 1. The summed E-state index contributed by atoms with van der Waals surface area (Å²) in [5.41, 5.74) is 1.64. The number of rotatable bonds is 7. The number of halogens is 2. The van der Waals surface area contributed by atoms with Crippen molar-refractivity contribution in [1.82, 2.24) is 0 Å². The predicted molar refractivity (Wildman–Crippen MR) is 137 cm³/mol. The Bertz CT molecular complexity index is 1400. The van der Waals surface area contributed by atoms with Crippen molar-refractivity contribution in [1.29, 1.82) is 0 Å². The van der Waals surface area contributed by atoms with Crippen LogP contribution in [0, 0.1) is 0 Å². The van der Waals surface area contributed by atoms with E-state index in [0.717, 1.165) is 10.5 Å². The molecule has 36 heavy (non-hydrogen) atoms. The summed E-state index contributed by atoms with van der Waals surface area (Å²) in [6, 6.07) is 22.1. The van der Waals surface area contributed by atoms with E-state index in [1.165, 1.54) is 42.5 Å². The monoisotopic (exact) mass is 523 g/mol. The summed E-state index contributed by atoms with van der Waals surface area (Å²) in [4.78, 5) is 25.5. The first-order chi connectivity index (χ1) is 17.2. The number of ether oxygens (including phenoxy) is 1. The van der Waals surface area contributed by atoms with E-state index in [2.05, 4.69) is 0 Å². The lowest BCUT2D eigenvalue weighted by molar-refractivity contribution is -0.135. The van der Waals surface area contributed by atoms with Crippen molar-refractivity contribution in [3.05, 3.63) is 101 Å². The van der Waals surface area contributed by atoms with Gasteiger partial charge >= 0.3 is 5.97 Å². The van der Waals surface area contributed by atoms with Gasteiger partial charge in [0.2, 0.25) is 0 Å². The highest BCUT2D eigenvalue weighted by atomic mass is 35.5. The third kappa shape index (κ3) is 5.54. The summed E-state index contributed by atoms with van der Waals surface area (Å²) in [5, 5.41) is 29.2. The second-order valence-electron chi connectivity index (χ2n) is 7.72. The van der Waals surface area contributed by atoms with Crippen LogP contribution in [0.2, 0.25) is 10.0 Å². The minimum atomic E-state index is -1.24. The molecule has 4 aromatic carbocycles. The molecule has 4 rings (SSSR count). The van der Waals surface area contributed by atoms with Crippen LogP contribution in [0.4, 0.5) is 5.69 Å². The molecular weight excluding hydrogens is 505 g/mol. The predicted octanol–water partition coefficient (Wildman–Crippen LogP) is 6.60. The van der Waals surface area contributed by atoms with Gasteiger partial charge in [0, 0.05) is 16.8 Å². The average Bonchev–Trinajstić information content (AvgIpc) is 2.86. The summed E-state index contributed by atoms with van der Waals surface area (Å²) >= 11 is 12.9. The van der Waals surface area contributed by atoms with E-state index in [1.54, 1.807) is 12.1 Å². The summed E-state index contributed by atoms with van der Waals surface area (Å²) in [5.74, 6) is -1.38. The zero-order valence-corrected chi connectivity index (χ0v) is 20.1. The Morgan fingerprint density at radius 1 is 0.833 bits per heavy atom. The first-order valence-corrected chi connectivity index (χ1v) is 11.4. The molecule has 0 aliphatic rings. The second kappa shape index (κ2) is 10.6. The molecule has 0 radical (unpaired) electrons. The summed E-state index contributed by atoms with van der Waals surface area (Å²) in [6.07, 6.45) is 0. The fourth-order valence-corrected chi connectivity index (χ4v) is 4.07. The zero-order chi connectivity index (χ0) is 25.8. The van der Waals surface area contributed by atoms with Gasteiger partial charge in [-0.1, -0.05) is 53.5 Å². The molecule has 0 saturated carbocycles. The highest BCUT2D eigenvalue weighted by Crippen LogP contribution is 2.42. The number of anilines is 1. The number of hydrogen-bond donors (Lipinski definition) is 3. The number of carbonyl (C=O) groups is 2. The normalized spacial score (nSPS) is 10.6. The number of phenols is 2. The molecular formula is C27H19Cl2NO6. The molecule has 4 aromatic rings. The number of nitrogens with zero attached hydrogens (tertiary/aromatic N) is 1. The topological polar surface area (TPSA) is 107 Å². The summed E-state index contributed by atoms with van der Waals surface area (Å²) in [7, 11) is 0. The third-order valence-electron chi connectivity index (χ3n) is 5.22. The van der Waals surface area contributed by atoms with Crippen LogP contribution in [-0.4, -0.2) is 33.7 Å². The molecule has 9 heteroatoms. The minimum Gasteiger partial charge on any atom is -0.508 e. The molecule has 0 saturated heterocycles. The number of aliphatic carboxylic acids is 1. The summed E-state index contributed by atoms with van der Waals surface area (Å²) < 4.78 is 5.91. The molecule has 1 amide bonds. The zero-order valence-electron chi connectivity index (χ0n) is 18.6. The van der Waals surface area contributed by atoms with Gasteiger partial charge in [-0.05, 0) is 60.2 Å². The van der Waals surface area contributed by atoms with Gasteiger partial charge < -0.3 is 20.1 Å². The van der Waals surface area contributed by atoms with Crippen LogP contribution >= 0.6 is 23.2 Å². The SMILES string of the molecule is O=C(O)CN(C(=O)c1ccc(O)cc1)c1cc(Cl)c(Oc2ccc(O)c(-c3ccccc3)c2)c(Cl)c1. The lowest BCUT2D eigenvalue weighted by Crippen LogP contribution is -2.35. The smallest absolute Gasteiger partial charge is 0.323 e. The maximum atomic E-state index is 13.0. The summed E-state index contributed by atoms with van der Waals surface area (Å²) in [6.45, 7) is -0.648. The van der Waals surface area contributed by atoms with Crippen LogP contribution in [0.15, 0.2) is 84.9 Å². The lowest BCUT2D eigenvalue weighted by Gasteiger charge is -2.22. The van der Waals surface area contributed by atoms with Crippen LogP contribution in [0.1, 0.15) is 10.4 Å². The van der Waals surface area contributed by atoms with Gasteiger partial charge in [0.15, 0.2) is 5.75 Å². The van der Waals surface area contributed by atoms with Gasteiger partial charge in [-0.3, -0.25) is 14.5 Å². The van der Waals surface area contributed by atoms with Crippen LogP contribution < -0.4 is 9.64 Å². The van der Waals surface area contributed by atoms with E-state index in [-0.39, 0.29) is 38.5 Å². The molecule has 0 heterocycles. The molecule has 0 aliphatic heterocycles. The number of carbonyl (C=O) groups excluding carboxylic acids is 1. The van der Waals surface area contributed by atoms with Crippen molar-refractivity contribution in [3.8, 4) is 34.1 Å². The van der Waals surface area contributed by atoms with Crippen LogP contribution in [0.5, 0.6) is 23.0 Å². The first kappa shape index (κ1) is 24.9. The minimum absolute atomic E-state index is 0.0337. The largest absolute Gasteiger partial charge is 0.508 e. The Kier molecular flexibility index (Phi) is 7.33. The molecule has 3 N–H and O–H groups in total. The van der Waals surface area contributed by atoms with Gasteiger partial charge in [0.1, 0.15) is 23.8 Å². The van der Waals surface area contributed by atoms with Crippen molar-refractivity contribution < 1.29 is 29.6 Å². The van der Waals surface area contributed by atoms with Crippen LogP contribution in [0.25, 0.3) is 11.1 Å². The fourth-order valence-electron chi connectivity index (χ4n) is 3.52. The first-order valence-electron chi connectivity index (χ1n) is 10.6. The Hall–Kier alpha value is -4.20. The Labute approximate surface area is 216 Å². The maximum Gasteiger partial charge on any atom is 0.323 e. The van der Waals surface area contributed by atoms with Gasteiger partial charge in [-0.25, -0.2) is 0 Å². The lowest BCUT2D eigenvalue weighted by atomic mass is 10.0. The number of amides is 1. The van der Waals surface area contributed by atoms with Crippen molar-refractivity contribution in [2.24, 2.45) is 0 Å². The van der Waals surface area contributed by atoms with E-state index in [4.69, 9.17) is 27.9 Å². The van der Waals surface area contributed by atoms with Gasteiger partial charge in [-0.2, -0.15) is 0 Å². The van der Waals surface area contributed by atoms with E-state index in [1.807, 2.05) is 30.3 Å². The molecule has 0 aromatic heterocycles. The third-order valence-corrected chi connectivity index (χ3v) is 5.78. The molecule has 7 nitrogen and oxygen atoms in total.